The molecule has 1 aromatic rings. The van der Waals surface area contributed by atoms with Crippen LogP contribution in [0.15, 0.2) is 35.9 Å². The second-order valence-corrected chi connectivity index (χ2v) is 20.4. The van der Waals surface area contributed by atoms with Crippen LogP contribution in [0.5, 0.6) is 5.75 Å². The van der Waals surface area contributed by atoms with Crippen molar-refractivity contribution in [2.75, 3.05) is 45.1 Å². The topological polar surface area (TPSA) is 221 Å². The standard InChI is InChI=1S/C45H61ClIN5O13S/c1-25-9-8-10-33(61-7)45(59)22-35(64-42(58)48-45)44(4)24-43(3,65-44)34(21-36(53)51(5)30-18-28(17-25)19-31(60-6)38(30)46)63-41(57)26(2)62-15-16-66-32-20-37(54)52(40(32)56)23-27-11-13-29(14-12-27)39(55)49-50-47/h8-10,18-19,26-27,29,32-35,50,59H,11-17,20-24H2,1-7H3,(H,48,58)(H,49,55)/b10-8+,25-9+/t26-,27?,29?,32?,33+,34-,35-,43+,44?,45-/m0/s1. The molecule has 0 aromatic heterocycles. The van der Waals surface area contributed by atoms with E-state index in [1.807, 2.05) is 35.9 Å². The molecule has 1 aromatic carbocycles. The van der Waals surface area contributed by atoms with Crippen molar-refractivity contribution in [3.05, 3.63) is 46.5 Å². The van der Waals surface area contributed by atoms with Crippen molar-refractivity contribution in [1.29, 1.82) is 0 Å². The van der Waals surface area contributed by atoms with Crippen LogP contribution >= 0.6 is 46.2 Å². The first-order chi connectivity index (χ1) is 31.2. The predicted octanol–water partition coefficient (Wildman–Crippen LogP) is 4.85. The van der Waals surface area contributed by atoms with Crippen LogP contribution in [0.1, 0.15) is 84.6 Å². The number of thioether (sulfide) groups is 1. The minimum Gasteiger partial charge on any atom is -0.495 e. The smallest absolute Gasteiger partial charge is 0.409 e. The van der Waals surface area contributed by atoms with Gasteiger partial charge in [0.25, 0.3) is 0 Å². The van der Waals surface area contributed by atoms with Crippen LogP contribution in [-0.4, -0.2) is 132 Å². The van der Waals surface area contributed by atoms with Crippen molar-refractivity contribution >= 4 is 87.6 Å². The van der Waals surface area contributed by atoms with E-state index in [-0.39, 0.29) is 66.9 Å². The molecule has 5 aliphatic heterocycles. The summed E-state index contributed by atoms with van der Waals surface area (Å²) in [5.74, 6) is -1.06. The Labute approximate surface area is 408 Å². The normalized spacial score (nSPS) is 33.5. The fourth-order valence-corrected chi connectivity index (χ4v) is 11.2. The lowest BCUT2D eigenvalue weighted by atomic mass is 9.72. The molecule has 1 aliphatic carbocycles. The number of benzene rings is 1. The number of anilines is 1. The van der Waals surface area contributed by atoms with Crippen molar-refractivity contribution in [1.82, 2.24) is 19.3 Å². The zero-order valence-corrected chi connectivity index (χ0v) is 42.0. The fraction of sp³-hybridized carbons (Fsp3) is 0.644. The van der Waals surface area contributed by atoms with Gasteiger partial charge in [0.2, 0.25) is 23.6 Å². The molecule has 1 saturated carbocycles. The number of imide groups is 1. The van der Waals surface area contributed by atoms with Gasteiger partial charge in [-0.25, -0.2) is 9.59 Å². The number of hydrogen-bond acceptors (Lipinski definition) is 15. The van der Waals surface area contributed by atoms with E-state index in [1.165, 1.54) is 42.7 Å². The van der Waals surface area contributed by atoms with Crippen molar-refractivity contribution in [3.63, 3.8) is 0 Å². The predicted molar refractivity (Wildman–Crippen MR) is 253 cm³/mol. The number of esters is 1. The summed E-state index contributed by atoms with van der Waals surface area (Å²) >= 11 is 9.93. The highest BCUT2D eigenvalue weighted by Crippen LogP contribution is 2.50. The quantitative estimate of drug-likeness (QED) is 0.0518. The molecule has 5 amide bonds. The number of fused-ring (bicyclic) bond motifs is 6. The van der Waals surface area contributed by atoms with Gasteiger partial charge in [-0.3, -0.25) is 34.8 Å². The highest BCUT2D eigenvalue weighted by Gasteiger charge is 2.63. The summed E-state index contributed by atoms with van der Waals surface area (Å²) < 4.78 is 38.1. The molecule has 4 fully saturated rings. The summed E-state index contributed by atoms with van der Waals surface area (Å²) in [7, 11) is 4.47. The minimum absolute atomic E-state index is 0.0578. The van der Waals surface area contributed by atoms with Crippen LogP contribution in [0.2, 0.25) is 5.02 Å². The van der Waals surface area contributed by atoms with Crippen molar-refractivity contribution < 1.29 is 62.3 Å². The third kappa shape index (κ3) is 11.8. The Morgan fingerprint density at radius 2 is 1.80 bits per heavy atom. The molecule has 21 heteroatoms. The third-order valence-electron chi connectivity index (χ3n) is 13.3. The molecule has 5 heterocycles. The summed E-state index contributed by atoms with van der Waals surface area (Å²) in [5, 5.41) is 14.0. The van der Waals surface area contributed by atoms with Gasteiger partial charge in [0.15, 0.2) is 11.8 Å². The maximum absolute atomic E-state index is 14.3. The monoisotopic (exact) mass is 1070 g/mol. The lowest BCUT2D eigenvalue weighted by Gasteiger charge is -2.59. The SMILES string of the molecule is COc1cc2cc(c1Cl)N(C)C(=O)C[C@H](OC(=O)[C@H](C)OCCSC1CC(=O)N(CC3CCC(C(=O)NNI)CC3)C1=O)[C@@]1(C)CC(C)(O1)[C@@H]1C[C@@](O)(NC(=O)O1)[C@H](OC)/C=C/C=C(\C)C2. The van der Waals surface area contributed by atoms with E-state index >= 15 is 0 Å². The van der Waals surface area contributed by atoms with Gasteiger partial charge in [0, 0.05) is 74.5 Å². The van der Waals surface area contributed by atoms with Crippen LogP contribution in [-0.2, 0) is 54.1 Å². The molecule has 364 valence electrons. The number of amides is 5. The molecule has 6 aliphatic rings. The number of nitrogens with one attached hydrogen (secondary N) is 3. The molecule has 0 spiro atoms. The highest BCUT2D eigenvalue weighted by atomic mass is 127. The maximum atomic E-state index is 14.3. The number of nitrogens with zero attached hydrogens (tertiary/aromatic N) is 2. The van der Waals surface area contributed by atoms with Gasteiger partial charge >= 0.3 is 12.1 Å². The highest BCUT2D eigenvalue weighted by molar-refractivity contribution is 14.1. The van der Waals surface area contributed by atoms with E-state index in [0.29, 0.717) is 43.0 Å². The number of ether oxygens (including phenoxy) is 6. The largest absolute Gasteiger partial charge is 0.495 e. The van der Waals surface area contributed by atoms with Crippen LogP contribution in [0.3, 0.4) is 0 Å². The molecule has 18 nitrogen and oxygen atoms in total. The molecule has 0 radical (unpaired) electrons. The van der Waals surface area contributed by atoms with E-state index in [1.54, 1.807) is 45.2 Å². The molecule has 6 bridgehead atoms. The number of rotatable bonds is 13. The fourth-order valence-electron chi connectivity index (χ4n) is 9.61. The lowest BCUT2D eigenvalue weighted by Crippen LogP contribution is -2.72. The van der Waals surface area contributed by atoms with Gasteiger partial charge in [-0.05, 0) is 83.4 Å². The van der Waals surface area contributed by atoms with E-state index in [9.17, 15) is 33.9 Å². The molecule has 66 heavy (non-hydrogen) atoms. The Bertz CT molecular complexity index is 2080. The van der Waals surface area contributed by atoms with E-state index in [2.05, 4.69) is 14.4 Å². The Kier molecular flexibility index (Phi) is 17.2. The molecule has 3 saturated heterocycles. The molecular formula is C45H61ClIN5O13S. The lowest BCUT2D eigenvalue weighted by molar-refractivity contribution is -0.328. The molecule has 8 atom stereocenters. The summed E-state index contributed by atoms with van der Waals surface area (Å²) in [4.78, 5) is 82.2. The van der Waals surface area contributed by atoms with Gasteiger partial charge in [-0.15, -0.1) is 11.8 Å². The number of halogens is 2. The van der Waals surface area contributed by atoms with Crippen LogP contribution in [0.25, 0.3) is 0 Å². The van der Waals surface area contributed by atoms with Crippen molar-refractivity contribution in [2.45, 2.75) is 132 Å². The number of alkyl carbamates (subject to hydrolysis) is 1. The van der Waals surface area contributed by atoms with Crippen LogP contribution < -0.4 is 24.0 Å². The van der Waals surface area contributed by atoms with E-state index in [4.69, 9.17) is 40.0 Å². The molecule has 7 rings (SSSR count). The van der Waals surface area contributed by atoms with Gasteiger partial charge in [-0.2, -0.15) is 3.64 Å². The summed E-state index contributed by atoms with van der Waals surface area (Å²) in [6.07, 6.45) is 3.18. The first kappa shape index (κ1) is 51.9. The number of carbonyl (C=O) groups is 6. The number of aliphatic hydroxyl groups is 1. The summed E-state index contributed by atoms with van der Waals surface area (Å²) in [5.41, 5.74) is 0.355. The van der Waals surface area contributed by atoms with Crippen LogP contribution in [0.4, 0.5) is 10.5 Å². The van der Waals surface area contributed by atoms with Gasteiger partial charge in [-0.1, -0.05) is 35.4 Å². The van der Waals surface area contributed by atoms with Crippen LogP contribution in [0, 0.1) is 11.8 Å². The van der Waals surface area contributed by atoms with E-state index < -0.39 is 64.6 Å². The summed E-state index contributed by atoms with van der Waals surface area (Å²) in [6, 6.07) is 3.57. The Balaban J connectivity index is 1.13. The zero-order valence-electron chi connectivity index (χ0n) is 38.3. The number of hydrogen-bond donors (Lipinski definition) is 4. The second-order valence-electron chi connectivity index (χ2n) is 18.2. The number of carbonyl (C=O) groups excluding carboxylic acids is 6. The first-order valence-corrected chi connectivity index (χ1v) is 24.6. The van der Waals surface area contributed by atoms with Gasteiger partial charge < -0.3 is 38.4 Å². The number of allylic oxidation sites excluding steroid dienone is 3. The Morgan fingerprint density at radius 3 is 2.47 bits per heavy atom. The Hall–Kier alpha value is -3.51. The van der Waals surface area contributed by atoms with Gasteiger partial charge in [0.05, 0.1) is 31.1 Å². The average Bonchev–Trinajstić information content (AvgIpc) is 3.52. The minimum atomic E-state index is -1.88. The number of methoxy groups -OCH3 is 2. The van der Waals surface area contributed by atoms with Gasteiger partial charge in [0.1, 0.15) is 40.3 Å². The average molecular weight is 1070 g/mol. The number of hydrazine groups is 1. The Morgan fingerprint density at radius 1 is 1.09 bits per heavy atom. The summed E-state index contributed by atoms with van der Waals surface area (Å²) in [6.45, 7) is 7.24. The molecular weight excluding hydrogens is 1010 g/mol. The first-order valence-electron chi connectivity index (χ1n) is 22.1. The molecule has 2 unspecified atom stereocenters. The third-order valence-corrected chi connectivity index (χ3v) is 15.1. The molecule has 4 N–H and O–H groups in total. The zero-order chi connectivity index (χ0) is 48.1. The van der Waals surface area contributed by atoms with Crippen molar-refractivity contribution in [2.24, 2.45) is 11.8 Å². The van der Waals surface area contributed by atoms with Crippen molar-refractivity contribution in [3.8, 4) is 5.75 Å². The maximum Gasteiger partial charge on any atom is 0.409 e. The van der Waals surface area contributed by atoms with E-state index in [0.717, 1.165) is 24.0 Å². The second kappa shape index (κ2) is 21.8. The number of likely N-dealkylation sites (tertiary alicyclic amines) is 1.